The summed E-state index contributed by atoms with van der Waals surface area (Å²) in [5.41, 5.74) is 9.81. The van der Waals surface area contributed by atoms with Gasteiger partial charge in [0.25, 0.3) is 0 Å². The van der Waals surface area contributed by atoms with Crippen molar-refractivity contribution in [2.75, 3.05) is 48.1 Å². The molecule has 0 amide bonds. The fraction of sp³-hybridized carbons (Fsp3) is 0.273. The average Bonchev–Trinajstić information content (AvgIpc) is 3.73. The summed E-state index contributed by atoms with van der Waals surface area (Å²) in [4.78, 5) is 49.3. The third-order valence-electron chi connectivity index (χ3n) is 6.37. The summed E-state index contributed by atoms with van der Waals surface area (Å²) in [6.45, 7) is 0. The largest absolute Gasteiger partial charge is 0.480 e. The lowest BCUT2D eigenvalue weighted by atomic mass is 9.98. The Bertz CT molecular complexity index is 1490. The van der Waals surface area contributed by atoms with Crippen LogP contribution in [-0.4, -0.2) is 81.0 Å². The van der Waals surface area contributed by atoms with Crippen LogP contribution in [-0.2, 0) is 25.5 Å². The smallest absolute Gasteiger partial charge is 0.337 e. The molecular weight excluding hydrogens is 615 g/mol. The van der Waals surface area contributed by atoms with Crippen molar-refractivity contribution in [3.8, 4) is 0 Å². The zero-order valence-electron chi connectivity index (χ0n) is 26.1. The number of carboxylic acid groups (broad SMARTS) is 1. The molecule has 0 aliphatic carbocycles. The zero-order chi connectivity index (χ0) is 33.5. The number of nitrogens with zero attached hydrogens (tertiary/aromatic N) is 2. The summed E-state index contributed by atoms with van der Waals surface area (Å²) in [7, 11) is 10.0. The number of esters is 2. The SMILES string of the molecule is CN(C)C(C(=O)O)c1ccsc1.COC(=O)c1ccc(CC(=O)C(c2ccsc2)N(C)C)cc1.COC(=O)c1ccc(N)cc1. The van der Waals surface area contributed by atoms with Crippen molar-refractivity contribution in [2.45, 2.75) is 18.5 Å². The van der Waals surface area contributed by atoms with Crippen molar-refractivity contribution >= 4 is 52.1 Å². The maximum atomic E-state index is 12.6. The number of Topliss-reactive ketones (excluding diaryl/α,β-unsaturated/α-hetero) is 1. The van der Waals surface area contributed by atoms with E-state index in [1.807, 2.05) is 52.6 Å². The molecule has 45 heavy (non-hydrogen) atoms. The van der Waals surface area contributed by atoms with E-state index in [9.17, 15) is 19.2 Å². The van der Waals surface area contributed by atoms with Crippen LogP contribution in [0.5, 0.6) is 0 Å². The van der Waals surface area contributed by atoms with Gasteiger partial charge in [0.05, 0.1) is 31.4 Å². The third-order valence-corrected chi connectivity index (χ3v) is 7.78. The number of thiophene rings is 2. The number of rotatable bonds is 10. The van der Waals surface area contributed by atoms with Gasteiger partial charge in [-0.05, 0) is 115 Å². The molecule has 0 saturated heterocycles. The van der Waals surface area contributed by atoms with Gasteiger partial charge in [-0.15, -0.1) is 0 Å². The van der Waals surface area contributed by atoms with Gasteiger partial charge in [0.15, 0.2) is 5.78 Å². The van der Waals surface area contributed by atoms with Crippen LogP contribution >= 0.6 is 22.7 Å². The maximum absolute atomic E-state index is 12.6. The minimum absolute atomic E-state index is 0.134. The fourth-order valence-electron chi connectivity index (χ4n) is 4.21. The number of nitrogen functional groups attached to an aromatic ring is 1. The number of carbonyl (C=O) groups excluding carboxylic acids is 3. The van der Waals surface area contributed by atoms with E-state index >= 15 is 0 Å². The van der Waals surface area contributed by atoms with Gasteiger partial charge in [0.2, 0.25) is 0 Å². The number of anilines is 1. The molecule has 10 nitrogen and oxygen atoms in total. The van der Waals surface area contributed by atoms with E-state index < -0.39 is 12.0 Å². The van der Waals surface area contributed by atoms with Crippen molar-refractivity contribution in [3.63, 3.8) is 0 Å². The molecule has 0 aliphatic rings. The predicted octanol–water partition coefficient (Wildman–Crippen LogP) is 5.44. The Morgan fingerprint density at radius 3 is 1.49 bits per heavy atom. The lowest BCUT2D eigenvalue weighted by Gasteiger charge is -2.22. The molecule has 240 valence electrons. The molecule has 4 aromatic rings. The molecule has 2 aromatic heterocycles. The molecule has 0 fully saturated rings. The number of carbonyl (C=O) groups is 4. The summed E-state index contributed by atoms with van der Waals surface area (Å²) in [5, 5.41) is 16.6. The lowest BCUT2D eigenvalue weighted by molar-refractivity contribution is -0.142. The number of benzene rings is 2. The van der Waals surface area contributed by atoms with E-state index in [1.54, 1.807) is 78.9 Å². The van der Waals surface area contributed by atoms with Crippen LogP contribution < -0.4 is 5.73 Å². The highest BCUT2D eigenvalue weighted by Crippen LogP contribution is 2.24. The number of carboxylic acids is 1. The molecule has 2 unspecified atom stereocenters. The number of likely N-dealkylation sites (N-methyl/N-ethyl adjacent to an activating group) is 2. The number of nitrogens with two attached hydrogens (primary N) is 1. The van der Waals surface area contributed by atoms with Crippen LogP contribution in [0, 0.1) is 0 Å². The third kappa shape index (κ3) is 11.6. The van der Waals surface area contributed by atoms with Gasteiger partial charge in [-0.25, -0.2) is 9.59 Å². The van der Waals surface area contributed by atoms with Crippen LogP contribution in [0.1, 0.15) is 49.5 Å². The Kier molecular flexibility index (Phi) is 15.1. The van der Waals surface area contributed by atoms with E-state index in [0.29, 0.717) is 23.2 Å². The molecule has 2 heterocycles. The monoisotopic (exact) mass is 653 g/mol. The lowest BCUT2D eigenvalue weighted by Crippen LogP contribution is -2.28. The van der Waals surface area contributed by atoms with Crippen molar-refractivity contribution < 1.29 is 33.8 Å². The van der Waals surface area contributed by atoms with Crippen molar-refractivity contribution in [1.82, 2.24) is 9.80 Å². The Balaban J connectivity index is 0.000000259. The molecular formula is C33H39N3O7S2. The van der Waals surface area contributed by atoms with Crippen molar-refractivity contribution in [2.24, 2.45) is 0 Å². The number of ketones is 1. The van der Waals surface area contributed by atoms with Gasteiger partial charge in [-0.2, -0.15) is 22.7 Å². The second-order valence-corrected chi connectivity index (χ2v) is 11.7. The minimum Gasteiger partial charge on any atom is -0.480 e. The zero-order valence-corrected chi connectivity index (χ0v) is 27.8. The van der Waals surface area contributed by atoms with Gasteiger partial charge < -0.3 is 20.3 Å². The summed E-state index contributed by atoms with van der Waals surface area (Å²) in [6, 6.07) is 16.6. The normalized spacial score (nSPS) is 11.7. The quantitative estimate of drug-likeness (QED) is 0.168. The molecule has 0 bridgehead atoms. The summed E-state index contributed by atoms with van der Waals surface area (Å²) >= 11 is 3.10. The Morgan fingerprint density at radius 2 is 1.13 bits per heavy atom. The first-order chi connectivity index (χ1) is 21.4. The maximum Gasteiger partial charge on any atom is 0.337 e. The fourth-order valence-corrected chi connectivity index (χ4v) is 5.56. The first-order valence-corrected chi connectivity index (χ1v) is 15.5. The highest BCUT2D eigenvalue weighted by atomic mass is 32.1. The highest BCUT2D eigenvalue weighted by molar-refractivity contribution is 7.08. The van der Waals surface area contributed by atoms with E-state index in [4.69, 9.17) is 10.8 Å². The van der Waals surface area contributed by atoms with Gasteiger partial charge in [-0.1, -0.05) is 12.1 Å². The van der Waals surface area contributed by atoms with Gasteiger partial charge in [0.1, 0.15) is 6.04 Å². The van der Waals surface area contributed by atoms with Crippen molar-refractivity contribution in [3.05, 3.63) is 110 Å². The topological polar surface area (TPSA) is 139 Å². The summed E-state index contributed by atoms with van der Waals surface area (Å²) in [6.07, 6.45) is 0.333. The number of ether oxygens (including phenoxy) is 2. The van der Waals surface area contributed by atoms with Crippen LogP contribution in [0.4, 0.5) is 5.69 Å². The number of hydrogen-bond acceptors (Lipinski definition) is 11. The standard InChI is InChI=1S/C17H19NO3S.C8H11NO2S.C8H9NO2/c1-18(2)16(14-8-9-22-11-14)15(19)10-12-4-6-13(7-5-12)17(20)21-3;1-9(2)7(8(10)11)6-3-4-12-5-6;1-11-8(10)6-2-4-7(9)5-3-6/h4-9,11,16H,10H2,1-3H3;3-5,7H,1-2H3,(H,10,11);2-5H,9H2,1H3. The molecule has 4 rings (SSSR count). The van der Waals surface area contributed by atoms with Crippen LogP contribution in [0.15, 0.2) is 82.2 Å². The van der Waals surface area contributed by atoms with E-state index in [-0.39, 0.29) is 23.8 Å². The number of hydrogen-bond donors (Lipinski definition) is 2. The average molecular weight is 654 g/mol. The number of aliphatic carboxylic acids is 1. The summed E-state index contributed by atoms with van der Waals surface area (Å²) in [5.74, 6) is -1.39. The van der Waals surface area contributed by atoms with Crippen molar-refractivity contribution in [1.29, 1.82) is 0 Å². The Hall–Kier alpha value is -4.36. The first-order valence-electron chi connectivity index (χ1n) is 13.6. The second-order valence-electron chi connectivity index (χ2n) is 10.1. The van der Waals surface area contributed by atoms with E-state index in [1.165, 1.54) is 25.6 Å². The molecule has 3 N–H and O–H groups in total. The van der Waals surface area contributed by atoms with Crippen LogP contribution in [0.25, 0.3) is 0 Å². The van der Waals surface area contributed by atoms with Gasteiger partial charge in [-0.3, -0.25) is 19.4 Å². The molecule has 2 atom stereocenters. The molecule has 0 saturated carbocycles. The second kappa shape index (κ2) is 18.4. The van der Waals surface area contributed by atoms with E-state index in [0.717, 1.165) is 16.7 Å². The first kappa shape index (κ1) is 36.8. The Morgan fingerprint density at radius 1 is 0.711 bits per heavy atom. The molecule has 12 heteroatoms. The van der Waals surface area contributed by atoms with Crippen LogP contribution in [0.2, 0.25) is 0 Å². The molecule has 0 spiro atoms. The van der Waals surface area contributed by atoms with Gasteiger partial charge in [0, 0.05) is 12.1 Å². The molecule has 2 aromatic carbocycles. The highest BCUT2D eigenvalue weighted by Gasteiger charge is 2.23. The summed E-state index contributed by atoms with van der Waals surface area (Å²) < 4.78 is 9.16. The predicted molar refractivity (Wildman–Crippen MR) is 178 cm³/mol. The molecule has 0 aliphatic heterocycles. The minimum atomic E-state index is -0.807. The van der Waals surface area contributed by atoms with E-state index in [2.05, 4.69) is 9.47 Å². The number of methoxy groups -OCH3 is 2. The Labute approximate surface area is 271 Å². The van der Waals surface area contributed by atoms with Crippen LogP contribution in [0.3, 0.4) is 0 Å². The van der Waals surface area contributed by atoms with Gasteiger partial charge >= 0.3 is 17.9 Å². The molecule has 0 radical (unpaired) electrons.